The first-order valence-electron chi connectivity index (χ1n) is 5.08. The van der Waals surface area contributed by atoms with Crippen molar-refractivity contribution in [3.8, 4) is 0 Å². The molecule has 0 aliphatic carbocycles. The van der Waals surface area contributed by atoms with Gasteiger partial charge in [0.25, 0.3) is 0 Å². The lowest BCUT2D eigenvalue weighted by molar-refractivity contribution is -0.137. The van der Waals surface area contributed by atoms with Crippen molar-refractivity contribution in [3.63, 3.8) is 0 Å². The molecule has 1 aromatic heterocycles. The van der Waals surface area contributed by atoms with Gasteiger partial charge in [-0.1, -0.05) is 6.07 Å². The first-order chi connectivity index (χ1) is 8.86. The summed E-state index contributed by atoms with van der Waals surface area (Å²) >= 11 is 0. The van der Waals surface area contributed by atoms with Crippen molar-refractivity contribution in [1.82, 2.24) is 9.97 Å². The molecule has 1 heterocycles. The molecule has 0 aliphatic heterocycles. The molecule has 0 amide bonds. The Bertz CT molecular complexity index is 597. The Morgan fingerprint density at radius 3 is 2.63 bits per heavy atom. The Balaban J connectivity index is 2.31. The van der Waals surface area contributed by atoms with Crippen LogP contribution in [0, 0.1) is 5.82 Å². The lowest BCUT2D eigenvalue weighted by Crippen LogP contribution is -2.06. The molecule has 3 N–H and O–H groups in total. The van der Waals surface area contributed by atoms with Crippen LogP contribution >= 0.6 is 0 Å². The Morgan fingerprint density at radius 2 is 1.95 bits per heavy atom. The standard InChI is InChI=1S/C11H8F4N4/c12-8-5-17-10(16)19-9(8)18-7-3-1-2-6(4-7)11(13,14)15/h1-5H,(H3,16,17,18,19). The van der Waals surface area contributed by atoms with Gasteiger partial charge in [0.1, 0.15) is 0 Å². The van der Waals surface area contributed by atoms with Gasteiger partial charge < -0.3 is 11.1 Å². The molecular formula is C11H8F4N4. The highest BCUT2D eigenvalue weighted by atomic mass is 19.4. The largest absolute Gasteiger partial charge is 0.416 e. The van der Waals surface area contributed by atoms with E-state index in [0.29, 0.717) is 0 Å². The molecule has 0 radical (unpaired) electrons. The molecule has 2 aromatic rings. The summed E-state index contributed by atoms with van der Waals surface area (Å²) in [7, 11) is 0. The van der Waals surface area contributed by atoms with E-state index in [-0.39, 0.29) is 17.5 Å². The van der Waals surface area contributed by atoms with Crippen LogP contribution in [0.2, 0.25) is 0 Å². The Morgan fingerprint density at radius 1 is 1.21 bits per heavy atom. The van der Waals surface area contributed by atoms with Crippen LogP contribution in [0.1, 0.15) is 5.56 Å². The molecule has 0 saturated carbocycles. The van der Waals surface area contributed by atoms with Gasteiger partial charge in [-0.05, 0) is 18.2 Å². The summed E-state index contributed by atoms with van der Waals surface area (Å²) in [6.07, 6.45) is -3.64. The van der Waals surface area contributed by atoms with E-state index in [9.17, 15) is 17.6 Å². The molecule has 0 atom stereocenters. The van der Waals surface area contributed by atoms with E-state index in [2.05, 4.69) is 15.3 Å². The highest BCUT2D eigenvalue weighted by Gasteiger charge is 2.30. The van der Waals surface area contributed by atoms with E-state index in [4.69, 9.17) is 5.73 Å². The molecule has 0 saturated heterocycles. The number of alkyl halides is 3. The summed E-state index contributed by atoms with van der Waals surface area (Å²) < 4.78 is 50.8. The second-order valence-electron chi connectivity index (χ2n) is 3.63. The number of nitrogen functional groups attached to an aromatic ring is 1. The molecule has 19 heavy (non-hydrogen) atoms. The third kappa shape index (κ3) is 3.09. The van der Waals surface area contributed by atoms with E-state index in [0.717, 1.165) is 18.3 Å². The quantitative estimate of drug-likeness (QED) is 0.825. The lowest BCUT2D eigenvalue weighted by Gasteiger charge is -2.10. The Labute approximate surface area is 105 Å². The highest BCUT2D eigenvalue weighted by Crippen LogP contribution is 2.31. The number of anilines is 3. The van der Waals surface area contributed by atoms with Gasteiger partial charge in [0.2, 0.25) is 5.95 Å². The number of halogens is 4. The average Bonchev–Trinajstić information content (AvgIpc) is 2.33. The van der Waals surface area contributed by atoms with Crippen LogP contribution in [0.25, 0.3) is 0 Å². The van der Waals surface area contributed by atoms with Crippen LogP contribution in [0.4, 0.5) is 35.0 Å². The maximum atomic E-state index is 13.3. The van der Waals surface area contributed by atoms with Crippen LogP contribution < -0.4 is 11.1 Å². The fourth-order valence-electron chi connectivity index (χ4n) is 1.38. The summed E-state index contributed by atoms with van der Waals surface area (Å²) in [5.41, 5.74) is 4.47. The molecule has 0 spiro atoms. The van der Waals surface area contributed by atoms with E-state index in [1.165, 1.54) is 12.1 Å². The van der Waals surface area contributed by atoms with Crippen LogP contribution in [0.15, 0.2) is 30.5 Å². The second-order valence-corrected chi connectivity index (χ2v) is 3.63. The Kier molecular flexibility index (Phi) is 3.24. The molecule has 0 bridgehead atoms. The molecule has 4 nitrogen and oxygen atoms in total. The van der Waals surface area contributed by atoms with Crippen molar-refractivity contribution >= 4 is 17.5 Å². The average molecular weight is 272 g/mol. The van der Waals surface area contributed by atoms with Crippen molar-refractivity contribution in [3.05, 3.63) is 41.8 Å². The molecule has 0 unspecified atom stereocenters. The summed E-state index contributed by atoms with van der Waals surface area (Å²) in [4.78, 5) is 6.97. The predicted octanol–water partition coefficient (Wildman–Crippen LogP) is 2.96. The van der Waals surface area contributed by atoms with Crippen molar-refractivity contribution in [2.24, 2.45) is 0 Å². The van der Waals surface area contributed by atoms with Gasteiger partial charge in [-0.25, -0.2) is 9.37 Å². The zero-order chi connectivity index (χ0) is 14.0. The zero-order valence-corrected chi connectivity index (χ0v) is 9.37. The smallest absolute Gasteiger partial charge is 0.368 e. The molecule has 8 heteroatoms. The van der Waals surface area contributed by atoms with Crippen molar-refractivity contribution in [2.45, 2.75) is 6.18 Å². The number of nitrogens with zero attached hydrogens (tertiary/aromatic N) is 2. The molecule has 0 aliphatic rings. The van der Waals surface area contributed by atoms with Crippen molar-refractivity contribution in [2.75, 3.05) is 11.1 Å². The first-order valence-corrected chi connectivity index (χ1v) is 5.08. The minimum absolute atomic E-state index is 0.0480. The number of hydrogen-bond acceptors (Lipinski definition) is 4. The SMILES string of the molecule is Nc1ncc(F)c(Nc2cccc(C(F)(F)F)c2)n1. The first kappa shape index (κ1) is 13.1. The predicted molar refractivity (Wildman–Crippen MR) is 61.1 cm³/mol. The molecule has 1 aromatic carbocycles. The van der Waals surface area contributed by atoms with Crippen LogP contribution in [-0.4, -0.2) is 9.97 Å². The normalized spacial score (nSPS) is 11.4. The third-order valence-corrected chi connectivity index (χ3v) is 2.22. The number of aromatic nitrogens is 2. The maximum Gasteiger partial charge on any atom is 0.416 e. The van der Waals surface area contributed by atoms with Crippen molar-refractivity contribution in [1.29, 1.82) is 0 Å². The van der Waals surface area contributed by atoms with Crippen LogP contribution in [0.5, 0.6) is 0 Å². The van der Waals surface area contributed by atoms with E-state index in [1.807, 2.05) is 0 Å². The van der Waals surface area contributed by atoms with Gasteiger partial charge in [0.05, 0.1) is 11.8 Å². The maximum absolute atomic E-state index is 13.3. The Hall–Kier alpha value is -2.38. The van der Waals surface area contributed by atoms with E-state index >= 15 is 0 Å². The third-order valence-electron chi connectivity index (χ3n) is 2.22. The van der Waals surface area contributed by atoms with E-state index in [1.54, 1.807) is 0 Å². The summed E-state index contributed by atoms with van der Waals surface area (Å²) in [5, 5.41) is 2.42. The number of benzene rings is 1. The van der Waals surface area contributed by atoms with Gasteiger partial charge >= 0.3 is 6.18 Å². The number of nitrogens with two attached hydrogens (primary N) is 1. The fraction of sp³-hybridized carbons (Fsp3) is 0.0909. The minimum Gasteiger partial charge on any atom is -0.368 e. The summed E-state index contributed by atoms with van der Waals surface area (Å²) in [5.74, 6) is -1.28. The van der Waals surface area contributed by atoms with Gasteiger partial charge in [0, 0.05) is 5.69 Å². The summed E-state index contributed by atoms with van der Waals surface area (Å²) in [6.45, 7) is 0. The minimum atomic E-state index is -4.47. The topological polar surface area (TPSA) is 63.8 Å². The number of rotatable bonds is 2. The molecular weight excluding hydrogens is 264 g/mol. The van der Waals surface area contributed by atoms with E-state index < -0.39 is 17.6 Å². The van der Waals surface area contributed by atoms with Crippen LogP contribution in [0.3, 0.4) is 0 Å². The number of hydrogen-bond donors (Lipinski definition) is 2. The zero-order valence-electron chi connectivity index (χ0n) is 9.37. The molecule has 0 fully saturated rings. The summed E-state index contributed by atoms with van der Waals surface area (Å²) in [6, 6.07) is 4.31. The lowest BCUT2D eigenvalue weighted by atomic mass is 10.2. The van der Waals surface area contributed by atoms with Crippen LogP contribution in [-0.2, 0) is 6.18 Å². The monoisotopic (exact) mass is 272 g/mol. The van der Waals surface area contributed by atoms with Gasteiger partial charge in [-0.3, -0.25) is 0 Å². The van der Waals surface area contributed by atoms with Crippen molar-refractivity contribution < 1.29 is 17.6 Å². The van der Waals surface area contributed by atoms with Gasteiger partial charge in [0.15, 0.2) is 11.6 Å². The van der Waals surface area contributed by atoms with Gasteiger partial charge in [-0.15, -0.1) is 0 Å². The molecule has 100 valence electrons. The number of nitrogens with one attached hydrogen (secondary N) is 1. The molecule has 2 rings (SSSR count). The van der Waals surface area contributed by atoms with Gasteiger partial charge in [-0.2, -0.15) is 18.2 Å². The highest BCUT2D eigenvalue weighted by molar-refractivity contribution is 5.58. The fourth-order valence-corrected chi connectivity index (χ4v) is 1.38. The second kappa shape index (κ2) is 4.71.